The number of hydrogen-bond donors (Lipinski definition) is 1. The van der Waals surface area contributed by atoms with E-state index in [0.29, 0.717) is 6.54 Å². The molecule has 27 heavy (non-hydrogen) atoms. The van der Waals surface area contributed by atoms with Crippen LogP contribution in [0, 0.1) is 10.7 Å². The second kappa shape index (κ2) is 9.24. The highest BCUT2D eigenvalue weighted by molar-refractivity contribution is 7.85. The van der Waals surface area contributed by atoms with Gasteiger partial charge in [0.05, 0.1) is 19.9 Å². The molecule has 2 aromatic carbocycles. The standard InChI is InChI=1S/C20H23N3O.CHNS/c1-20(2)17-7-5-6-8-18(17)23(3)19(20)14-22-21-13-15-9-11-16(24-4)12-10-15;2-1-3/h5-12,14H,13H2,1-4H3;3H. The van der Waals surface area contributed by atoms with Crippen molar-refractivity contribution >= 4 is 18.3 Å². The predicted molar refractivity (Wildman–Crippen MR) is 112 cm³/mol. The molecule has 0 fully saturated rings. The second-order valence-corrected chi connectivity index (χ2v) is 6.78. The average molecular weight is 381 g/mol. The maximum atomic E-state index is 7.18. The van der Waals surface area contributed by atoms with Crippen molar-refractivity contribution in [1.82, 2.24) is 0 Å². The van der Waals surface area contributed by atoms with Gasteiger partial charge in [-0.1, -0.05) is 56.8 Å². The number of ether oxygens (including phenoxy) is 1. The summed E-state index contributed by atoms with van der Waals surface area (Å²) >= 11 is 3.09. The van der Waals surface area contributed by atoms with E-state index < -0.39 is 0 Å². The summed E-state index contributed by atoms with van der Waals surface area (Å²) in [5, 5.41) is 17.2. The summed E-state index contributed by atoms with van der Waals surface area (Å²) < 4.78 is 5.16. The van der Waals surface area contributed by atoms with Crippen molar-refractivity contribution in [2.24, 2.45) is 10.2 Å². The maximum absolute atomic E-state index is 7.18. The molecule has 0 aliphatic carbocycles. The Hall–Kier alpha value is -2.78. The number of para-hydroxylation sites is 1. The van der Waals surface area contributed by atoms with Crippen molar-refractivity contribution in [2.45, 2.75) is 25.8 Å². The summed E-state index contributed by atoms with van der Waals surface area (Å²) in [5.41, 5.74) is 4.76. The Morgan fingerprint density at radius 3 is 2.41 bits per heavy atom. The molecule has 1 heterocycles. The van der Waals surface area contributed by atoms with Crippen LogP contribution in [0.4, 0.5) is 5.69 Å². The van der Waals surface area contributed by atoms with E-state index in [0.717, 1.165) is 17.0 Å². The largest absolute Gasteiger partial charge is 0.497 e. The first-order chi connectivity index (χ1) is 13.0. The van der Waals surface area contributed by atoms with Gasteiger partial charge in [0.25, 0.3) is 0 Å². The molecule has 3 rings (SSSR count). The molecule has 0 saturated carbocycles. The molecule has 0 spiro atoms. The quantitative estimate of drug-likeness (QED) is 0.444. The molecule has 5 nitrogen and oxygen atoms in total. The summed E-state index contributed by atoms with van der Waals surface area (Å²) in [4.78, 5) is 2.20. The summed E-state index contributed by atoms with van der Waals surface area (Å²) in [6.07, 6.45) is 1.88. The van der Waals surface area contributed by atoms with Crippen molar-refractivity contribution in [2.75, 3.05) is 19.1 Å². The third kappa shape index (κ3) is 4.69. The van der Waals surface area contributed by atoms with Crippen LogP contribution in [0.3, 0.4) is 0 Å². The summed E-state index contributed by atoms with van der Waals surface area (Å²) in [6, 6.07) is 16.4. The van der Waals surface area contributed by atoms with Crippen LogP contribution in [-0.4, -0.2) is 14.2 Å². The lowest BCUT2D eigenvalue weighted by molar-refractivity contribution is 0.414. The Labute approximate surface area is 166 Å². The van der Waals surface area contributed by atoms with Gasteiger partial charge in [-0.05, 0) is 29.3 Å². The summed E-state index contributed by atoms with van der Waals surface area (Å²) in [7, 11) is 3.75. The minimum absolute atomic E-state index is 0.0650. The van der Waals surface area contributed by atoms with Gasteiger partial charge in [0.2, 0.25) is 0 Å². The van der Waals surface area contributed by atoms with Crippen molar-refractivity contribution in [1.29, 1.82) is 5.26 Å². The summed E-state index contributed by atoms with van der Waals surface area (Å²) in [6.45, 7) is 5.01. The van der Waals surface area contributed by atoms with Crippen molar-refractivity contribution in [3.8, 4) is 11.2 Å². The fourth-order valence-corrected chi connectivity index (χ4v) is 3.18. The first-order valence-corrected chi connectivity index (χ1v) is 8.97. The Morgan fingerprint density at radius 2 is 1.81 bits per heavy atom. The van der Waals surface area contributed by atoms with Crippen molar-refractivity contribution in [3.63, 3.8) is 0 Å². The van der Waals surface area contributed by atoms with Crippen LogP contribution in [-0.2, 0) is 12.0 Å². The fourth-order valence-electron chi connectivity index (χ4n) is 3.18. The molecule has 0 saturated heterocycles. The minimum atomic E-state index is -0.0650. The van der Waals surface area contributed by atoms with Crippen LogP contribution in [0.25, 0.3) is 0 Å². The minimum Gasteiger partial charge on any atom is -0.497 e. The molecule has 0 amide bonds. The summed E-state index contributed by atoms with van der Waals surface area (Å²) in [5.74, 6) is 0.852. The normalized spacial score (nSPS) is 15.9. The first kappa shape index (κ1) is 20.5. The van der Waals surface area contributed by atoms with Gasteiger partial charge in [-0.2, -0.15) is 15.5 Å². The number of allylic oxidation sites excluding steroid dienone is 1. The highest BCUT2D eigenvalue weighted by Crippen LogP contribution is 2.46. The van der Waals surface area contributed by atoms with E-state index in [1.807, 2.05) is 30.5 Å². The Kier molecular flexibility index (Phi) is 7.03. The zero-order valence-corrected chi connectivity index (χ0v) is 16.9. The highest BCUT2D eigenvalue weighted by atomic mass is 32.1. The van der Waals surface area contributed by atoms with Crippen molar-refractivity contribution < 1.29 is 4.74 Å². The van der Waals surface area contributed by atoms with E-state index in [4.69, 9.17) is 10.00 Å². The second-order valence-electron chi connectivity index (χ2n) is 6.58. The Bertz CT molecular complexity index is 866. The number of rotatable bonds is 4. The SMILES string of the molecule is COc1ccc(CN=NC=C2N(C)c3ccccc3C2(C)C)cc1.N#CS. The van der Waals surface area contributed by atoms with Crippen LogP contribution in [0.15, 0.2) is 70.7 Å². The fraction of sp³-hybridized carbons (Fsp3) is 0.286. The number of nitrogens with zero attached hydrogens (tertiary/aromatic N) is 4. The van der Waals surface area contributed by atoms with E-state index in [1.54, 1.807) is 7.11 Å². The zero-order chi connectivity index (χ0) is 19.9. The monoisotopic (exact) mass is 380 g/mol. The van der Waals surface area contributed by atoms with Crippen molar-refractivity contribution in [3.05, 3.63) is 71.6 Å². The lowest BCUT2D eigenvalue weighted by Crippen LogP contribution is -2.22. The predicted octanol–water partition coefficient (Wildman–Crippen LogP) is 5.31. The van der Waals surface area contributed by atoms with Crippen LogP contribution in [0.5, 0.6) is 5.75 Å². The molecule has 0 atom stereocenters. The van der Waals surface area contributed by atoms with Gasteiger partial charge < -0.3 is 9.64 Å². The number of benzene rings is 2. The Balaban J connectivity index is 0.000000817. The van der Waals surface area contributed by atoms with E-state index in [9.17, 15) is 0 Å². The van der Waals surface area contributed by atoms with E-state index in [-0.39, 0.29) is 5.41 Å². The molecule has 0 unspecified atom stereocenters. The Morgan fingerprint density at radius 1 is 1.19 bits per heavy atom. The van der Waals surface area contributed by atoms with Crippen LogP contribution in [0.1, 0.15) is 25.0 Å². The third-order valence-corrected chi connectivity index (χ3v) is 4.61. The maximum Gasteiger partial charge on any atom is 0.130 e. The molecule has 2 aromatic rings. The smallest absolute Gasteiger partial charge is 0.130 e. The average Bonchev–Trinajstić information content (AvgIpc) is 2.87. The van der Waals surface area contributed by atoms with Gasteiger partial charge in [0.1, 0.15) is 11.2 Å². The highest BCUT2D eigenvalue weighted by Gasteiger charge is 2.38. The van der Waals surface area contributed by atoms with Gasteiger partial charge in [-0.3, -0.25) is 0 Å². The lowest BCUT2D eigenvalue weighted by Gasteiger charge is -2.22. The molecule has 0 aromatic heterocycles. The number of anilines is 1. The van der Waals surface area contributed by atoms with Gasteiger partial charge >= 0.3 is 0 Å². The van der Waals surface area contributed by atoms with Crippen LogP contribution in [0.2, 0.25) is 0 Å². The number of azo groups is 1. The number of thiol groups is 1. The molecule has 140 valence electrons. The van der Waals surface area contributed by atoms with E-state index in [1.165, 1.54) is 16.7 Å². The topological polar surface area (TPSA) is 61.0 Å². The van der Waals surface area contributed by atoms with E-state index in [2.05, 4.69) is 72.9 Å². The van der Waals surface area contributed by atoms with Gasteiger partial charge in [-0.25, -0.2) is 0 Å². The van der Waals surface area contributed by atoms with Crippen LogP contribution < -0.4 is 9.64 Å². The molecule has 0 bridgehead atoms. The van der Waals surface area contributed by atoms with Gasteiger partial charge in [0.15, 0.2) is 0 Å². The number of likely N-dealkylation sites (N-methyl/N-ethyl adjacent to an activating group) is 1. The molecule has 0 radical (unpaired) electrons. The molecule has 0 N–H and O–H groups in total. The van der Waals surface area contributed by atoms with Crippen LogP contribution >= 0.6 is 12.6 Å². The van der Waals surface area contributed by atoms with E-state index >= 15 is 0 Å². The molecule has 1 aliphatic heterocycles. The molecule has 6 heteroatoms. The van der Waals surface area contributed by atoms with Gasteiger partial charge in [-0.15, -0.1) is 0 Å². The number of hydrogen-bond acceptors (Lipinski definition) is 6. The number of nitriles is 1. The lowest BCUT2D eigenvalue weighted by atomic mass is 9.84. The van der Waals surface area contributed by atoms with Gasteiger partial charge in [0, 0.05) is 23.8 Å². The number of fused-ring (bicyclic) bond motifs is 1. The third-order valence-electron chi connectivity index (χ3n) is 4.61. The molecule has 1 aliphatic rings. The first-order valence-electron chi connectivity index (χ1n) is 8.52. The molecular weight excluding hydrogens is 356 g/mol. The molecular formula is C21H24N4OS. The zero-order valence-electron chi connectivity index (χ0n) is 16.0. The number of methoxy groups -OCH3 is 1. The number of thiocyanates is 1.